The monoisotopic (exact) mass is 989 g/mol. The smallest absolute Gasteiger partial charge is 0.0373 e. The van der Waals surface area contributed by atoms with Crippen LogP contribution in [0.1, 0.15) is 61.2 Å². The lowest BCUT2D eigenvalue weighted by molar-refractivity contribution is 0.765. The first-order chi connectivity index (χ1) is 33.1. The Balaban J connectivity index is 0.000000271. The molecule has 9 rings (SSSR count). The standard InChI is InChI=1S/C8H10BrN.C8H9N.2C8H11N.4C7H9N/c9-8-3-1-7(2-4-8)5-6-10;1-2-4-8-6-9-5-7(8)3-1;1-6-4-3-5-7(2)8(6)9;1-7-2-4-8(6-9)5-3-7;2*1-6-2-4-7(8)5-3-6;1-6-3-2-4-7(8)5-6;8-6-7-4-2-1-3-5-7/h1-4H,5-6,10H2;1-4,9H,5-6H2;3-5H,9H2,1-2H3;2-5H,6,9H2,1H3;3*2-5H,8H2,1H3;1-5H,6,8H2. The van der Waals surface area contributed by atoms with Gasteiger partial charge >= 0.3 is 0 Å². The van der Waals surface area contributed by atoms with Crippen LogP contribution in [0.25, 0.3) is 0 Å². The van der Waals surface area contributed by atoms with Gasteiger partial charge in [-0.1, -0.05) is 178 Å². The molecule has 1 heterocycles. The SMILES string of the molecule is Cc1ccc(CN)cc1.Cc1ccc(N)cc1.Cc1ccc(N)cc1.Cc1cccc(C)c1N.Cc1cccc(N)c1.NCCc1ccc(Br)cc1.NCc1ccccc1.c1ccc2c(c1)CNC2. The van der Waals surface area contributed by atoms with Gasteiger partial charge in [0.15, 0.2) is 0 Å². The maximum atomic E-state index is 5.68. The topological polar surface area (TPSA) is 194 Å². The molecule has 9 heteroatoms. The van der Waals surface area contributed by atoms with Crippen LogP contribution in [0.15, 0.2) is 199 Å². The fourth-order valence-electron chi connectivity index (χ4n) is 6.02. The molecule has 0 amide bonds. The summed E-state index contributed by atoms with van der Waals surface area (Å²) in [5.74, 6) is 0. The number of nitrogens with two attached hydrogens (primary N) is 7. The number of aryl methyl sites for hydroxylation is 6. The predicted molar refractivity (Wildman–Crippen MR) is 304 cm³/mol. The molecule has 69 heavy (non-hydrogen) atoms. The molecule has 0 radical (unpaired) electrons. The van der Waals surface area contributed by atoms with Crippen LogP contribution >= 0.6 is 15.9 Å². The Labute approximate surface area is 422 Å². The fourth-order valence-corrected chi connectivity index (χ4v) is 6.28. The number of benzene rings is 8. The van der Waals surface area contributed by atoms with Crippen LogP contribution in [0.4, 0.5) is 22.7 Å². The van der Waals surface area contributed by atoms with Gasteiger partial charge < -0.3 is 45.5 Å². The van der Waals surface area contributed by atoms with Crippen molar-refractivity contribution in [1.29, 1.82) is 0 Å². The molecule has 8 aromatic carbocycles. The van der Waals surface area contributed by atoms with E-state index in [0.717, 1.165) is 64.4 Å². The van der Waals surface area contributed by atoms with E-state index < -0.39 is 0 Å². The number of nitrogen functional groups attached to an aromatic ring is 4. The first kappa shape index (κ1) is 58.4. The van der Waals surface area contributed by atoms with E-state index in [4.69, 9.17) is 40.1 Å². The molecule has 0 atom stereocenters. The van der Waals surface area contributed by atoms with Crippen molar-refractivity contribution in [2.45, 2.75) is 74.1 Å². The van der Waals surface area contributed by atoms with Crippen LogP contribution < -0.4 is 45.5 Å². The van der Waals surface area contributed by atoms with E-state index in [9.17, 15) is 0 Å². The molecule has 0 aromatic heterocycles. The summed E-state index contributed by atoms with van der Waals surface area (Å²) in [5, 5.41) is 3.29. The number of fused-ring (bicyclic) bond motifs is 1. The lowest BCUT2D eigenvalue weighted by atomic mass is 10.1. The maximum Gasteiger partial charge on any atom is 0.0373 e. The van der Waals surface area contributed by atoms with Gasteiger partial charge in [-0.3, -0.25) is 0 Å². The van der Waals surface area contributed by atoms with Crippen molar-refractivity contribution in [1.82, 2.24) is 5.32 Å². The summed E-state index contributed by atoms with van der Waals surface area (Å²) >= 11 is 3.37. The Hall–Kier alpha value is -6.72. The zero-order valence-corrected chi connectivity index (χ0v) is 43.2. The van der Waals surface area contributed by atoms with Crippen LogP contribution in [-0.4, -0.2) is 6.54 Å². The molecule has 0 spiro atoms. The summed E-state index contributed by atoms with van der Waals surface area (Å²) in [7, 11) is 0. The van der Waals surface area contributed by atoms with Gasteiger partial charge in [0, 0.05) is 53.4 Å². The number of anilines is 4. The van der Waals surface area contributed by atoms with Gasteiger partial charge in [-0.2, -0.15) is 0 Å². The number of hydrogen-bond donors (Lipinski definition) is 8. The molecule has 15 N–H and O–H groups in total. The van der Waals surface area contributed by atoms with Gasteiger partial charge in [-0.05, 0) is 148 Å². The second-order valence-corrected chi connectivity index (χ2v) is 17.4. The third-order valence-electron chi connectivity index (χ3n) is 10.3. The lowest BCUT2D eigenvalue weighted by Crippen LogP contribution is -2.01. The normalized spacial score (nSPS) is 10.2. The summed E-state index contributed by atoms with van der Waals surface area (Å²) in [6.07, 6.45) is 0.966. The molecular formula is C60H77BrN8. The Kier molecular flexibility index (Phi) is 29.2. The van der Waals surface area contributed by atoms with E-state index in [1.54, 1.807) is 0 Å². The summed E-state index contributed by atoms with van der Waals surface area (Å²) < 4.78 is 1.12. The van der Waals surface area contributed by atoms with Crippen LogP contribution in [-0.2, 0) is 32.6 Å². The van der Waals surface area contributed by atoms with Crippen molar-refractivity contribution in [3.05, 3.63) is 260 Å². The van der Waals surface area contributed by atoms with Gasteiger partial charge in [-0.15, -0.1) is 0 Å². The van der Waals surface area contributed by atoms with Crippen molar-refractivity contribution in [3.8, 4) is 0 Å². The highest BCUT2D eigenvalue weighted by molar-refractivity contribution is 9.10. The van der Waals surface area contributed by atoms with Crippen LogP contribution in [0.3, 0.4) is 0 Å². The van der Waals surface area contributed by atoms with Gasteiger partial charge in [0.05, 0.1) is 0 Å². The number of nitrogens with one attached hydrogen (secondary N) is 1. The average molecular weight is 990 g/mol. The molecule has 364 valence electrons. The van der Waals surface area contributed by atoms with Gasteiger partial charge in [0.1, 0.15) is 0 Å². The van der Waals surface area contributed by atoms with E-state index >= 15 is 0 Å². The largest absolute Gasteiger partial charge is 0.399 e. The Morgan fingerprint density at radius 1 is 0.391 bits per heavy atom. The Morgan fingerprint density at radius 3 is 1.16 bits per heavy atom. The molecule has 0 bridgehead atoms. The van der Waals surface area contributed by atoms with E-state index in [1.807, 2.05) is 168 Å². The zero-order chi connectivity index (χ0) is 50.8. The Bertz CT molecular complexity index is 2400. The van der Waals surface area contributed by atoms with E-state index in [-0.39, 0.29) is 0 Å². The zero-order valence-electron chi connectivity index (χ0n) is 41.6. The van der Waals surface area contributed by atoms with Crippen molar-refractivity contribution in [3.63, 3.8) is 0 Å². The summed E-state index contributed by atoms with van der Waals surface area (Å²) in [4.78, 5) is 0. The number of rotatable bonds is 4. The highest BCUT2D eigenvalue weighted by Gasteiger charge is 2.06. The molecule has 0 fully saturated rings. The van der Waals surface area contributed by atoms with Crippen LogP contribution in [0.5, 0.6) is 0 Å². The maximum absolute atomic E-state index is 5.68. The van der Waals surface area contributed by atoms with Crippen molar-refractivity contribution in [2.75, 3.05) is 29.5 Å². The first-order valence-electron chi connectivity index (χ1n) is 23.1. The predicted octanol–water partition coefficient (Wildman–Crippen LogP) is 12.5. The molecule has 8 aromatic rings. The molecular weight excluding hydrogens is 913 g/mol. The molecule has 1 aliphatic heterocycles. The highest BCUT2D eigenvalue weighted by Crippen LogP contribution is 2.15. The highest BCUT2D eigenvalue weighted by atomic mass is 79.9. The molecule has 0 aliphatic carbocycles. The summed E-state index contributed by atoms with van der Waals surface area (Å²) in [6, 6.07) is 64.4. The summed E-state index contributed by atoms with van der Waals surface area (Å²) in [5.41, 5.74) is 55.5. The van der Waals surface area contributed by atoms with Crippen molar-refractivity contribution < 1.29 is 0 Å². The second-order valence-electron chi connectivity index (χ2n) is 16.5. The molecule has 0 saturated heterocycles. The first-order valence-corrected chi connectivity index (χ1v) is 23.9. The van der Waals surface area contributed by atoms with Crippen molar-refractivity contribution in [2.24, 2.45) is 17.2 Å². The minimum absolute atomic E-state index is 0.639. The average Bonchev–Trinajstić information content (AvgIpc) is 3.85. The van der Waals surface area contributed by atoms with E-state index in [1.165, 1.54) is 50.1 Å². The fraction of sp³-hybridized carbons (Fsp3) is 0.200. The number of halogens is 1. The lowest BCUT2D eigenvalue weighted by Gasteiger charge is -2.00. The summed E-state index contributed by atoms with van der Waals surface area (Å²) in [6.45, 7) is 16.3. The molecule has 8 nitrogen and oxygen atoms in total. The third-order valence-corrected chi connectivity index (χ3v) is 10.8. The molecule has 0 unspecified atom stereocenters. The van der Waals surface area contributed by atoms with Crippen molar-refractivity contribution >= 4 is 38.7 Å². The quantitative estimate of drug-likeness (QED) is 0.0798. The minimum Gasteiger partial charge on any atom is -0.399 e. The number of para-hydroxylation sites is 1. The van der Waals surface area contributed by atoms with Crippen LogP contribution in [0.2, 0.25) is 0 Å². The van der Waals surface area contributed by atoms with E-state index in [0.29, 0.717) is 13.1 Å². The van der Waals surface area contributed by atoms with E-state index in [2.05, 4.69) is 88.8 Å². The molecule has 0 saturated carbocycles. The third kappa shape index (κ3) is 27.0. The van der Waals surface area contributed by atoms with Crippen LogP contribution in [0, 0.1) is 41.5 Å². The van der Waals surface area contributed by atoms with Gasteiger partial charge in [0.2, 0.25) is 0 Å². The van der Waals surface area contributed by atoms with Gasteiger partial charge in [0.25, 0.3) is 0 Å². The number of hydrogen-bond acceptors (Lipinski definition) is 8. The second kappa shape index (κ2) is 34.6. The molecule has 1 aliphatic rings. The van der Waals surface area contributed by atoms with Gasteiger partial charge in [-0.25, -0.2) is 0 Å². The Morgan fingerprint density at radius 2 is 0.797 bits per heavy atom. The minimum atomic E-state index is 0.639.